The average molecular weight is 227 g/mol. The summed E-state index contributed by atoms with van der Waals surface area (Å²) in [5, 5.41) is 0. The van der Waals surface area contributed by atoms with E-state index >= 15 is 0 Å². The molecular weight excluding hydrogens is 202 g/mol. The van der Waals surface area contributed by atoms with E-state index in [9.17, 15) is 4.79 Å². The number of carbonyl (C=O) groups is 1. The van der Waals surface area contributed by atoms with Gasteiger partial charge in [0.15, 0.2) is 0 Å². The minimum absolute atomic E-state index is 0.0784. The fraction of sp³-hybridized carbons (Fsp3) is 0.923. The third kappa shape index (κ3) is 3.78. The fourth-order valence-electron chi connectivity index (χ4n) is 2.59. The van der Waals surface area contributed by atoms with Crippen molar-refractivity contribution in [2.75, 3.05) is 20.2 Å². The Balaban J connectivity index is 2.43. The van der Waals surface area contributed by atoms with E-state index in [4.69, 9.17) is 4.74 Å². The molecule has 2 atom stereocenters. The number of carbonyl (C=O) groups excluding carboxylic acids is 1. The van der Waals surface area contributed by atoms with Gasteiger partial charge in [-0.15, -0.1) is 0 Å². The smallest absolute Gasteiger partial charge is 0.322 e. The molecule has 0 amide bonds. The van der Waals surface area contributed by atoms with Gasteiger partial charge in [-0.1, -0.05) is 19.8 Å². The van der Waals surface area contributed by atoms with E-state index in [-0.39, 0.29) is 12.0 Å². The summed E-state index contributed by atoms with van der Waals surface area (Å²) < 4.78 is 4.80. The minimum Gasteiger partial charge on any atom is -0.468 e. The standard InChI is InChI=1S/C13H25NO2/c1-4-6-12-7-5-9-14(10-8-12)11(2)13(15)16-3/h11-12H,4-10H2,1-3H3. The highest BCUT2D eigenvalue weighted by atomic mass is 16.5. The molecule has 0 aromatic rings. The summed E-state index contributed by atoms with van der Waals surface area (Å²) in [7, 11) is 1.47. The van der Waals surface area contributed by atoms with Crippen LogP contribution in [0.1, 0.15) is 46.0 Å². The van der Waals surface area contributed by atoms with Crippen molar-refractivity contribution >= 4 is 5.97 Å². The van der Waals surface area contributed by atoms with E-state index in [0.717, 1.165) is 19.0 Å². The zero-order valence-electron chi connectivity index (χ0n) is 10.9. The maximum atomic E-state index is 11.5. The summed E-state index contributed by atoms with van der Waals surface area (Å²) >= 11 is 0. The van der Waals surface area contributed by atoms with Crippen LogP contribution in [-0.2, 0) is 9.53 Å². The van der Waals surface area contributed by atoms with Crippen LogP contribution < -0.4 is 0 Å². The van der Waals surface area contributed by atoms with Crippen molar-refractivity contribution < 1.29 is 9.53 Å². The van der Waals surface area contributed by atoms with E-state index < -0.39 is 0 Å². The highest BCUT2D eigenvalue weighted by Crippen LogP contribution is 2.23. The van der Waals surface area contributed by atoms with Crippen LogP contribution in [0.2, 0.25) is 0 Å². The van der Waals surface area contributed by atoms with Gasteiger partial charge in [0, 0.05) is 0 Å². The molecule has 0 spiro atoms. The second-order valence-electron chi connectivity index (χ2n) is 4.82. The number of nitrogens with zero attached hydrogens (tertiary/aromatic N) is 1. The van der Waals surface area contributed by atoms with Gasteiger partial charge in [0.1, 0.15) is 6.04 Å². The van der Waals surface area contributed by atoms with Crippen LogP contribution in [0.15, 0.2) is 0 Å². The lowest BCUT2D eigenvalue weighted by Crippen LogP contribution is -2.40. The molecular formula is C13H25NO2. The lowest BCUT2D eigenvalue weighted by molar-refractivity contribution is -0.146. The largest absolute Gasteiger partial charge is 0.468 e. The molecule has 0 aromatic carbocycles. The van der Waals surface area contributed by atoms with E-state index in [1.54, 1.807) is 0 Å². The molecule has 2 unspecified atom stereocenters. The molecule has 1 saturated heterocycles. The zero-order chi connectivity index (χ0) is 12.0. The van der Waals surface area contributed by atoms with Crippen LogP contribution in [-0.4, -0.2) is 37.1 Å². The number of likely N-dealkylation sites (tertiary alicyclic amines) is 1. The van der Waals surface area contributed by atoms with Gasteiger partial charge in [0.05, 0.1) is 7.11 Å². The molecule has 16 heavy (non-hydrogen) atoms. The lowest BCUT2D eigenvalue weighted by Gasteiger charge is -2.25. The van der Waals surface area contributed by atoms with Crippen molar-refractivity contribution in [1.82, 2.24) is 4.90 Å². The van der Waals surface area contributed by atoms with Gasteiger partial charge in [0.2, 0.25) is 0 Å². The molecule has 1 rings (SSSR count). The van der Waals surface area contributed by atoms with Gasteiger partial charge in [-0.25, -0.2) is 0 Å². The average Bonchev–Trinajstić information content (AvgIpc) is 2.53. The lowest BCUT2D eigenvalue weighted by atomic mass is 9.96. The molecule has 0 radical (unpaired) electrons. The SMILES string of the molecule is CCCC1CCCN(C(C)C(=O)OC)CC1. The summed E-state index contributed by atoms with van der Waals surface area (Å²) in [6, 6.07) is -0.0784. The monoisotopic (exact) mass is 227 g/mol. The van der Waals surface area contributed by atoms with Gasteiger partial charge < -0.3 is 4.74 Å². The first kappa shape index (κ1) is 13.5. The Bertz CT molecular complexity index is 218. The summed E-state index contributed by atoms with van der Waals surface area (Å²) in [5.41, 5.74) is 0. The number of hydrogen-bond donors (Lipinski definition) is 0. The van der Waals surface area contributed by atoms with E-state index in [1.807, 2.05) is 6.92 Å². The van der Waals surface area contributed by atoms with Gasteiger partial charge >= 0.3 is 5.97 Å². The molecule has 0 N–H and O–H groups in total. The van der Waals surface area contributed by atoms with Crippen LogP contribution in [0.4, 0.5) is 0 Å². The van der Waals surface area contributed by atoms with Crippen LogP contribution >= 0.6 is 0 Å². The third-order valence-electron chi connectivity index (χ3n) is 3.67. The number of ether oxygens (including phenoxy) is 1. The molecule has 1 fully saturated rings. The minimum atomic E-state index is -0.103. The first-order valence-electron chi connectivity index (χ1n) is 6.51. The Morgan fingerprint density at radius 2 is 2.19 bits per heavy atom. The molecule has 0 aromatic heterocycles. The maximum Gasteiger partial charge on any atom is 0.322 e. The molecule has 3 nitrogen and oxygen atoms in total. The molecule has 1 aliphatic rings. The normalized spacial score (nSPS) is 24.8. The van der Waals surface area contributed by atoms with Crippen LogP contribution in [0.25, 0.3) is 0 Å². The third-order valence-corrected chi connectivity index (χ3v) is 3.67. The van der Waals surface area contributed by atoms with Gasteiger partial charge in [0.25, 0.3) is 0 Å². The molecule has 0 bridgehead atoms. The highest BCUT2D eigenvalue weighted by molar-refractivity contribution is 5.75. The highest BCUT2D eigenvalue weighted by Gasteiger charge is 2.24. The first-order chi connectivity index (χ1) is 7.69. The Kier molecular flexibility index (Phi) is 5.81. The van der Waals surface area contributed by atoms with Crippen LogP contribution in [0.3, 0.4) is 0 Å². The topological polar surface area (TPSA) is 29.5 Å². The maximum absolute atomic E-state index is 11.5. The number of methoxy groups -OCH3 is 1. The van der Waals surface area contributed by atoms with Crippen molar-refractivity contribution in [1.29, 1.82) is 0 Å². The Labute approximate surface area is 99.1 Å². The summed E-state index contributed by atoms with van der Waals surface area (Å²) in [6.07, 6.45) is 6.37. The molecule has 0 aliphatic carbocycles. The van der Waals surface area contributed by atoms with Crippen molar-refractivity contribution in [2.24, 2.45) is 5.92 Å². The molecule has 0 saturated carbocycles. The van der Waals surface area contributed by atoms with E-state index in [1.165, 1.54) is 39.2 Å². The van der Waals surface area contributed by atoms with Crippen molar-refractivity contribution in [2.45, 2.75) is 52.0 Å². The van der Waals surface area contributed by atoms with Gasteiger partial charge in [-0.05, 0) is 45.2 Å². The first-order valence-corrected chi connectivity index (χ1v) is 6.51. The van der Waals surface area contributed by atoms with Gasteiger partial charge in [-0.3, -0.25) is 9.69 Å². The number of esters is 1. The Morgan fingerprint density at radius 3 is 2.81 bits per heavy atom. The summed E-state index contributed by atoms with van der Waals surface area (Å²) in [5.74, 6) is 0.758. The molecule has 94 valence electrons. The van der Waals surface area contributed by atoms with Gasteiger partial charge in [-0.2, -0.15) is 0 Å². The van der Waals surface area contributed by atoms with E-state index in [2.05, 4.69) is 11.8 Å². The van der Waals surface area contributed by atoms with Crippen molar-refractivity contribution in [3.8, 4) is 0 Å². The van der Waals surface area contributed by atoms with Crippen molar-refractivity contribution in [3.05, 3.63) is 0 Å². The van der Waals surface area contributed by atoms with Crippen LogP contribution in [0, 0.1) is 5.92 Å². The quantitative estimate of drug-likeness (QED) is 0.691. The predicted octanol–water partition coefficient (Wildman–Crippen LogP) is 2.45. The van der Waals surface area contributed by atoms with Crippen LogP contribution in [0.5, 0.6) is 0 Å². The van der Waals surface area contributed by atoms with Crippen molar-refractivity contribution in [3.63, 3.8) is 0 Å². The predicted molar refractivity (Wildman–Crippen MR) is 65.3 cm³/mol. The Hall–Kier alpha value is -0.570. The summed E-state index contributed by atoms with van der Waals surface area (Å²) in [4.78, 5) is 13.7. The molecule has 1 heterocycles. The van der Waals surface area contributed by atoms with E-state index in [0.29, 0.717) is 0 Å². The fourth-order valence-corrected chi connectivity index (χ4v) is 2.59. The molecule has 3 heteroatoms. The number of rotatable bonds is 4. The molecule has 1 aliphatic heterocycles. The second kappa shape index (κ2) is 6.89. The zero-order valence-corrected chi connectivity index (χ0v) is 10.9. The second-order valence-corrected chi connectivity index (χ2v) is 4.82. The summed E-state index contributed by atoms with van der Waals surface area (Å²) in [6.45, 7) is 6.28. The number of hydrogen-bond acceptors (Lipinski definition) is 3. The Morgan fingerprint density at radius 1 is 1.44 bits per heavy atom.